The predicted molar refractivity (Wildman–Crippen MR) is 121 cm³/mol. The zero-order valence-corrected chi connectivity index (χ0v) is 18.7. The number of amides is 1. The largest absolute Gasteiger partial charge is 0.325 e. The molecule has 1 aromatic heterocycles. The van der Waals surface area contributed by atoms with Gasteiger partial charge in [-0.05, 0) is 53.1 Å². The lowest BCUT2D eigenvalue weighted by atomic mass is 10.0. The highest BCUT2D eigenvalue weighted by Gasteiger charge is 2.45. The Bertz CT molecular complexity index is 1140. The molecule has 0 aliphatic carbocycles. The average molecular weight is 440 g/mol. The van der Waals surface area contributed by atoms with E-state index in [9.17, 15) is 9.59 Å². The number of fused-ring (bicyclic) bond motifs is 3. The van der Waals surface area contributed by atoms with Crippen molar-refractivity contribution in [3.05, 3.63) is 64.4 Å². The molecule has 0 saturated carbocycles. The first-order chi connectivity index (χ1) is 14.6. The molecule has 8 heteroatoms. The number of H-pyrrole nitrogens is 1. The molecule has 0 unspecified atom stereocenters. The smallest absolute Gasteiger partial charge is 0.291 e. The minimum absolute atomic E-state index is 0.0219. The van der Waals surface area contributed by atoms with E-state index >= 15 is 0 Å². The fourth-order valence-corrected chi connectivity index (χ4v) is 4.68. The van der Waals surface area contributed by atoms with E-state index in [1.807, 2.05) is 68.6 Å². The highest BCUT2D eigenvalue weighted by atomic mass is 32.2. The van der Waals surface area contributed by atoms with Gasteiger partial charge in [0.1, 0.15) is 0 Å². The standard InChI is InChI=1S/C22H22N4O2S2/c1-4-18(27)25-17-9-7-6-8-16(17)19-20(28)23-22(30-5-2)24-26(19)21(25)14-10-12-15(29-3)13-11-14/h6-13,21H,4-5H2,1-3H3/p+1/t21-/m0/s1. The summed E-state index contributed by atoms with van der Waals surface area (Å²) in [6.07, 6.45) is 1.85. The Morgan fingerprint density at radius 3 is 2.57 bits per heavy atom. The van der Waals surface area contributed by atoms with Crippen LogP contribution in [0.2, 0.25) is 0 Å². The van der Waals surface area contributed by atoms with Gasteiger partial charge in [0, 0.05) is 22.0 Å². The third kappa shape index (κ3) is 3.54. The summed E-state index contributed by atoms with van der Waals surface area (Å²) in [5.74, 6) is 0.759. The molecular weight excluding hydrogens is 416 g/mol. The van der Waals surface area contributed by atoms with Gasteiger partial charge in [0.2, 0.25) is 11.1 Å². The summed E-state index contributed by atoms with van der Waals surface area (Å²) in [6, 6.07) is 15.6. The molecule has 0 fully saturated rings. The molecule has 0 saturated heterocycles. The van der Waals surface area contributed by atoms with Crippen molar-refractivity contribution in [3.63, 3.8) is 0 Å². The van der Waals surface area contributed by atoms with Crippen LogP contribution in [-0.4, -0.2) is 28.0 Å². The van der Waals surface area contributed by atoms with E-state index in [1.54, 1.807) is 21.3 Å². The summed E-state index contributed by atoms with van der Waals surface area (Å²) in [7, 11) is 0. The Morgan fingerprint density at radius 2 is 1.90 bits per heavy atom. The van der Waals surface area contributed by atoms with Crippen LogP contribution in [0.3, 0.4) is 0 Å². The molecule has 3 aromatic rings. The number of nitrogens with one attached hydrogen (secondary N) is 1. The Hall–Kier alpha value is -2.58. The first kappa shape index (κ1) is 20.7. The van der Waals surface area contributed by atoms with E-state index in [4.69, 9.17) is 5.10 Å². The van der Waals surface area contributed by atoms with Crippen molar-refractivity contribution in [3.8, 4) is 11.3 Å². The van der Waals surface area contributed by atoms with Crippen LogP contribution >= 0.6 is 23.5 Å². The number of thioether (sulfide) groups is 2. The van der Waals surface area contributed by atoms with Crippen molar-refractivity contribution >= 4 is 35.1 Å². The maximum absolute atomic E-state index is 13.1. The summed E-state index contributed by atoms with van der Waals surface area (Å²) in [6.45, 7) is 3.86. The number of aromatic nitrogens is 3. The fraction of sp³-hybridized carbons (Fsp3) is 0.273. The molecule has 4 rings (SSSR count). The second-order valence-electron chi connectivity index (χ2n) is 6.77. The van der Waals surface area contributed by atoms with Crippen LogP contribution in [0.4, 0.5) is 5.69 Å². The van der Waals surface area contributed by atoms with Crippen LogP contribution in [0.5, 0.6) is 0 Å². The zero-order chi connectivity index (χ0) is 21.3. The highest BCUT2D eigenvalue weighted by molar-refractivity contribution is 7.99. The highest BCUT2D eigenvalue weighted by Crippen LogP contribution is 2.37. The van der Waals surface area contributed by atoms with E-state index in [-0.39, 0.29) is 11.5 Å². The molecule has 2 heterocycles. The Balaban J connectivity index is 2.03. The Kier molecular flexibility index (Phi) is 5.97. The number of anilines is 1. The van der Waals surface area contributed by atoms with Crippen molar-refractivity contribution in [1.82, 2.24) is 10.1 Å². The van der Waals surface area contributed by atoms with Gasteiger partial charge in [-0.25, -0.2) is 4.90 Å². The fourth-order valence-electron chi connectivity index (χ4n) is 3.69. The Labute approximate surface area is 183 Å². The quantitative estimate of drug-likeness (QED) is 0.483. The lowest BCUT2D eigenvalue weighted by molar-refractivity contribution is -0.763. The van der Waals surface area contributed by atoms with Crippen molar-refractivity contribution < 1.29 is 9.48 Å². The minimum atomic E-state index is -0.531. The maximum atomic E-state index is 13.1. The third-order valence-electron chi connectivity index (χ3n) is 5.02. The maximum Gasteiger partial charge on any atom is 0.325 e. The van der Waals surface area contributed by atoms with E-state index < -0.39 is 6.17 Å². The lowest BCUT2D eigenvalue weighted by Crippen LogP contribution is -2.60. The minimum Gasteiger partial charge on any atom is -0.291 e. The van der Waals surface area contributed by atoms with Crippen molar-refractivity contribution in [1.29, 1.82) is 0 Å². The molecule has 6 nitrogen and oxygen atoms in total. The van der Waals surface area contributed by atoms with E-state index in [0.29, 0.717) is 22.8 Å². The normalized spacial score (nSPS) is 14.9. The van der Waals surface area contributed by atoms with Crippen LogP contribution in [0.25, 0.3) is 11.3 Å². The van der Waals surface area contributed by atoms with Crippen LogP contribution in [-0.2, 0) is 4.79 Å². The second-order valence-corrected chi connectivity index (χ2v) is 8.90. The number of aromatic amines is 1. The van der Waals surface area contributed by atoms with E-state index in [0.717, 1.165) is 21.9 Å². The molecular formula is C22H23N4O2S2+. The summed E-state index contributed by atoms with van der Waals surface area (Å²) in [4.78, 5) is 32.0. The number of hydrogen-bond donors (Lipinski definition) is 1. The number of para-hydroxylation sites is 1. The van der Waals surface area contributed by atoms with Crippen LogP contribution < -0.4 is 15.1 Å². The topological polar surface area (TPSA) is 69.9 Å². The SMILES string of the molecule is CCSc1n[n+]2c(c(=O)[nH]1)-c1ccccc1N(C(=O)CC)[C@@H]2c1ccc(SC)cc1. The zero-order valence-electron chi connectivity index (χ0n) is 17.1. The van der Waals surface area contributed by atoms with Gasteiger partial charge in [-0.15, -0.1) is 11.8 Å². The van der Waals surface area contributed by atoms with Gasteiger partial charge in [0.25, 0.3) is 6.17 Å². The third-order valence-corrected chi connectivity index (χ3v) is 6.51. The van der Waals surface area contributed by atoms with E-state index in [2.05, 4.69) is 4.98 Å². The van der Waals surface area contributed by atoms with Crippen LogP contribution in [0.15, 0.2) is 63.4 Å². The molecule has 1 aliphatic heterocycles. The second kappa shape index (κ2) is 8.65. The first-order valence-corrected chi connectivity index (χ1v) is 12.0. The van der Waals surface area contributed by atoms with E-state index in [1.165, 1.54) is 11.8 Å². The number of hydrogen-bond acceptors (Lipinski definition) is 5. The van der Waals surface area contributed by atoms with Crippen molar-refractivity contribution in [2.24, 2.45) is 0 Å². The summed E-state index contributed by atoms with van der Waals surface area (Å²) < 4.78 is 1.71. The van der Waals surface area contributed by atoms with Gasteiger partial charge >= 0.3 is 11.3 Å². The van der Waals surface area contributed by atoms with Crippen LogP contribution in [0, 0.1) is 0 Å². The molecule has 0 spiro atoms. The van der Waals surface area contributed by atoms with Gasteiger partial charge in [0.05, 0.1) is 11.3 Å². The monoisotopic (exact) mass is 439 g/mol. The molecule has 1 aliphatic rings. The van der Waals surface area contributed by atoms with Crippen molar-refractivity contribution in [2.75, 3.05) is 16.9 Å². The number of carbonyl (C=O) groups is 1. The number of rotatable bonds is 5. The van der Waals surface area contributed by atoms with Gasteiger partial charge in [-0.3, -0.25) is 14.6 Å². The van der Waals surface area contributed by atoms with Crippen LogP contribution in [0.1, 0.15) is 32.0 Å². The predicted octanol–water partition coefficient (Wildman–Crippen LogP) is 3.86. The Morgan fingerprint density at radius 1 is 1.17 bits per heavy atom. The molecule has 2 aromatic carbocycles. The average Bonchev–Trinajstić information content (AvgIpc) is 2.77. The summed E-state index contributed by atoms with van der Waals surface area (Å²) in [5.41, 5.74) is 2.60. The molecule has 154 valence electrons. The summed E-state index contributed by atoms with van der Waals surface area (Å²) in [5, 5.41) is 5.30. The molecule has 0 bridgehead atoms. The lowest BCUT2D eigenvalue weighted by Gasteiger charge is -2.32. The molecule has 1 atom stereocenters. The summed E-state index contributed by atoms with van der Waals surface area (Å²) >= 11 is 3.13. The van der Waals surface area contributed by atoms with Crippen molar-refractivity contribution in [2.45, 2.75) is 36.5 Å². The van der Waals surface area contributed by atoms with Gasteiger partial charge in [-0.1, -0.05) is 37.7 Å². The molecule has 1 N–H and O–H groups in total. The number of carbonyl (C=O) groups excluding carboxylic acids is 1. The molecule has 0 radical (unpaired) electrons. The number of nitrogens with zero attached hydrogens (tertiary/aromatic N) is 3. The van der Waals surface area contributed by atoms with Gasteiger partial charge < -0.3 is 0 Å². The van der Waals surface area contributed by atoms with Gasteiger partial charge in [-0.2, -0.15) is 0 Å². The van der Waals surface area contributed by atoms with Gasteiger partial charge in [0.15, 0.2) is 0 Å². The first-order valence-electron chi connectivity index (χ1n) is 9.83. The number of benzene rings is 2. The molecule has 30 heavy (non-hydrogen) atoms. The molecule has 1 amide bonds.